The maximum atomic E-state index is 5.43. The third-order valence-electron chi connectivity index (χ3n) is 3.85. The summed E-state index contributed by atoms with van der Waals surface area (Å²) in [5.41, 5.74) is 3.56. The van der Waals surface area contributed by atoms with Gasteiger partial charge in [-0.3, -0.25) is 0 Å². The van der Waals surface area contributed by atoms with Crippen molar-refractivity contribution in [3.63, 3.8) is 0 Å². The number of nitrogens with zero attached hydrogens (tertiary/aromatic N) is 4. The molecular formula is C19H16N4O2. The van der Waals surface area contributed by atoms with Crippen molar-refractivity contribution in [1.29, 1.82) is 0 Å². The number of hydrogen-bond acceptors (Lipinski definition) is 5. The highest BCUT2D eigenvalue weighted by Gasteiger charge is 2.10. The Morgan fingerprint density at radius 2 is 1.80 bits per heavy atom. The second-order valence-electron chi connectivity index (χ2n) is 5.58. The van der Waals surface area contributed by atoms with Crippen LogP contribution in [0.3, 0.4) is 0 Å². The molecule has 25 heavy (non-hydrogen) atoms. The van der Waals surface area contributed by atoms with Gasteiger partial charge in [-0.1, -0.05) is 52.8 Å². The molecule has 2 aromatic carbocycles. The summed E-state index contributed by atoms with van der Waals surface area (Å²) in [6.07, 6.45) is 1.89. The van der Waals surface area contributed by atoms with E-state index in [0.717, 1.165) is 28.3 Å². The summed E-state index contributed by atoms with van der Waals surface area (Å²) < 4.78 is 12.4. The van der Waals surface area contributed by atoms with Gasteiger partial charge in [0.1, 0.15) is 23.7 Å². The van der Waals surface area contributed by atoms with Gasteiger partial charge in [0.15, 0.2) is 5.76 Å². The van der Waals surface area contributed by atoms with Crippen molar-refractivity contribution in [2.75, 3.05) is 7.11 Å². The third kappa shape index (κ3) is 3.28. The highest BCUT2D eigenvalue weighted by Crippen LogP contribution is 2.24. The van der Waals surface area contributed by atoms with E-state index >= 15 is 0 Å². The van der Waals surface area contributed by atoms with Crippen LogP contribution in [0.25, 0.3) is 22.5 Å². The second kappa shape index (κ2) is 6.60. The predicted octanol–water partition coefficient (Wildman–Crippen LogP) is 3.66. The van der Waals surface area contributed by atoms with Crippen molar-refractivity contribution in [1.82, 2.24) is 20.2 Å². The molecule has 2 aromatic heterocycles. The van der Waals surface area contributed by atoms with Crippen LogP contribution < -0.4 is 4.74 Å². The minimum atomic E-state index is 0.469. The molecule has 0 radical (unpaired) electrons. The first kappa shape index (κ1) is 15.1. The Kier molecular flexibility index (Phi) is 4.00. The van der Waals surface area contributed by atoms with E-state index in [2.05, 4.69) is 15.5 Å². The first-order chi connectivity index (χ1) is 12.3. The van der Waals surface area contributed by atoms with Crippen LogP contribution in [0.5, 0.6) is 5.75 Å². The SMILES string of the molecule is COc1cccc(-c2cc(Cn3cc(-c4ccccc4)nn3)on2)c1. The number of rotatable bonds is 5. The molecule has 4 rings (SSSR count). The molecule has 0 amide bonds. The van der Waals surface area contributed by atoms with Crippen LogP contribution in [-0.2, 0) is 6.54 Å². The molecule has 0 atom stereocenters. The number of benzene rings is 2. The summed E-state index contributed by atoms with van der Waals surface area (Å²) in [5.74, 6) is 1.49. The Bertz CT molecular complexity index is 976. The summed E-state index contributed by atoms with van der Waals surface area (Å²) in [6, 6.07) is 19.5. The van der Waals surface area contributed by atoms with Crippen LogP contribution in [0.4, 0.5) is 0 Å². The summed E-state index contributed by atoms with van der Waals surface area (Å²) in [4.78, 5) is 0. The fourth-order valence-electron chi connectivity index (χ4n) is 2.58. The first-order valence-electron chi connectivity index (χ1n) is 7.87. The lowest BCUT2D eigenvalue weighted by molar-refractivity contribution is 0.371. The lowest BCUT2D eigenvalue weighted by atomic mass is 10.1. The van der Waals surface area contributed by atoms with E-state index in [1.807, 2.05) is 66.9 Å². The topological polar surface area (TPSA) is 66.0 Å². The van der Waals surface area contributed by atoms with Crippen molar-refractivity contribution in [3.05, 3.63) is 72.6 Å². The number of methoxy groups -OCH3 is 1. The Labute approximate surface area is 144 Å². The van der Waals surface area contributed by atoms with Gasteiger partial charge in [-0.2, -0.15) is 0 Å². The molecule has 6 nitrogen and oxygen atoms in total. The molecule has 0 bridgehead atoms. The lowest BCUT2D eigenvalue weighted by Gasteiger charge is -2.00. The van der Waals surface area contributed by atoms with E-state index in [-0.39, 0.29) is 0 Å². The van der Waals surface area contributed by atoms with Crippen LogP contribution in [0.2, 0.25) is 0 Å². The fourth-order valence-corrected chi connectivity index (χ4v) is 2.58. The minimum absolute atomic E-state index is 0.469. The standard InChI is InChI=1S/C19H16N4O2/c1-24-16-9-5-8-15(10-16)18-11-17(25-21-18)12-23-13-19(20-22-23)14-6-3-2-4-7-14/h2-11,13H,12H2,1H3. The molecule has 0 fully saturated rings. The zero-order valence-corrected chi connectivity index (χ0v) is 13.7. The van der Waals surface area contributed by atoms with E-state index < -0.39 is 0 Å². The van der Waals surface area contributed by atoms with Gasteiger partial charge in [-0.05, 0) is 12.1 Å². The van der Waals surface area contributed by atoms with Crippen LogP contribution in [0.15, 0.2) is 71.4 Å². The Hall–Kier alpha value is -3.41. The summed E-state index contributed by atoms with van der Waals surface area (Å²) in [6.45, 7) is 0.469. The van der Waals surface area contributed by atoms with Crippen molar-refractivity contribution < 1.29 is 9.26 Å². The average molecular weight is 332 g/mol. The van der Waals surface area contributed by atoms with Gasteiger partial charge in [0.25, 0.3) is 0 Å². The second-order valence-corrected chi connectivity index (χ2v) is 5.58. The molecular weight excluding hydrogens is 316 g/mol. The normalized spacial score (nSPS) is 10.8. The third-order valence-corrected chi connectivity index (χ3v) is 3.85. The van der Waals surface area contributed by atoms with Gasteiger partial charge in [0.2, 0.25) is 0 Å². The molecule has 0 aliphatic heterocycles. The highest BCUT2D eigenvalue weighted by atomic mass is 16.5. The molecule has 2 heterocycles. The van der Waals surface area contributed by atoms with Gasteiger partial charge >= 0.3 is 0 Å². The van der Waals surface area contributed by atoms with Crippen LogP contribution in [-0.4, -0.2) is 27.3 Å². The smallest absolute Gasteiger partial charge is 0.158 e. The van der Waals surface area contributed by atoms with Crippen LogP contribution in [0.1, 0.15) is 5.76 Å². The van der Waals surface area contributed by atoms with E-state index in [4.69, 9.17) is 9.26 Å². The molecule has 0 saturated carbocycles. The van der Waals surface area contributed by atoms with Gasteiger partial charge in [0.05, 0.1) is 13.3 Å². The van der Waals surface area contributed by atoms with Crippen LogP contribution in [0, 0.1) is 0 Å². The summed E-state index contributed by atoms with van der Waals surface area (Å²) in [5, 5.41) is 12.5. The summed E-state index contributed by atoms with van der Waals surface area (Å²) in [7, 11) is 1.64. The van der Waals surface area contributed by atoms with Crippen molar-refractivity contribution >= 4 is 0 Å². The predicted molar refractivity (Wildman–Crippen MR) is 93.1 cm³/mol. The van der Waals surface area contributed by atoms with Crippen molar-refractivity contribution in [2.45, 2.75) is 6.54 Å². The van der Waals surface area contributed by atoms with Gasteiger partial charge < -0.3 is 9.26 Å². The molecule has 0 saturated heterocycles. The monoisotopic (exact) mass is 332 g/mol. The molecule has 0 N–H and O–H groups in total. The molecule has 0 unspecified atom stereocenters. The molecule has 6 heteroatoms. The van der Waals surface area contributed by atoms with Gasteiger partial charge in [-0.15, -0.1) is 5.10 Å². The van der Waals surface area contributed by atoms with E-state index in [9.17, 15) is 0 Å². The zero-order valence-electron chi connectivity index (χ0n) is 13.7. The van der Waals surface area contributed by atoms with E-state index in [1.165, 1.54) is 0 Å². The first-order valence-corrected chi connectivity index (χ1v) is 7.87. The molecule has 0 spiro atoms. The largest absolute Gasteiger partial charge is 0.497 e. The molecule has 0 aliphatic carbocycles. The average Bonchev–Trinajstić information content (AvgIpc) is 3.33. The Morgan fingerprint density at radius 1 is 0.960 bits per heavy atom. The molecule has 4 aromatic rings. The Morgan fingerprint density at radius 3 is 2.64 bits per heavy atom. The van der Waals surface area contributed by atoms with Crippen molar-refractivity contribution in [2.24, 2.45) is 0 Å². The Balaban J connectivity index is 1.53. The van der Waals surface area contributed by atoms with Gasteiger partial charge in [0, 0.05) is 17.2 Å². The zero-order chi connectivity index (χ0) is 17.1. The number of aromatic nitrogens is 4. The highest BCUT2D eigenvalue weighted by molar-refractivity contribution is 5.61. The quantitative estimate of drug-likeness (QED) is 0.558. The van der Waals surface area contributed by atoms with E-state index in [0.29, 0.717) is 12.3 Å². The number of ether oxygens (including phenoxy) is 1. The van der Waals surface area contributed by atoms with Gasteiger partial charge in [-0.25, -0.2) is 4.68 Å². The molecule has 124 valence electrons. The minimum Gasteiger partial charge on any atom is -0.497 e. The van der Waals surface area contributed by atoms with Crippen molar-refractivity contribution in [3.8, 4) is 28.3 Å². The van der Waals surface area contributed by atoms with Crippen LogP contribution >= 0.6 is 0 Å². The lowest BCUT2D eigenvalue weighted by Crippen LogP contribution is -1.98. The maximum Gasteiger partial charge on any atom is 0.158 e. The number of hydrogen-bond donors (Lipinski definition) is 0. The fraction of sp³-hybridized carbons (Fsp3) is 0.105. The molecule has 0 aliphatic rings. The summed E-state index contributed by atoms with van der Waals surface area (Å²) >= 11 is 0. The maximum absolute atomic E-state index is 5.43. The van der Waals surface area contributed by atoms with E-state index in [1.54, 1.807) is 11.8 Å².